The standard InChI is InChI=1S/C33H37Br2ClN6O/c34-25-17-24-3-4-27-26(5-6-28(36)31(27)35)30(32(24)39-20-25)23-9-14-41(15-10-23)29(43)16-21-7-12-42(13-8-21)33(37)40-19-22-2-1-11-38-18-22/h1-2,5-6,11,17-18,20-21,23,30H,3-4,7-10,12-16,19H2,(H2,37,40). The second-order valence-corrected chi connectivity index (χ2v) is 14.1. The van der Waals surface area contributed by atoms with E-state index in [0.29, 0.717) is 30.8 Å². The van der Waals surface area contributed by atoms with Crippen LogP contribution in [0.1, 0.15) is 66.0 Å². The van der Waals surface area contributed by atoms with Gasteiger partial charge in [0.2, 0.25) is 5.91 Å². The summed E-state index contributed by atoms with van der Waals surface area (Å²) in [4.78, 5) is 31.3. The fraction of sp³-hybridized carbons (Fsp3) is 0.455. The van der Waals surface area contributed by atoms with Crippen molar-refractivity contribution in [1.82, 2.24) is 19.8 Å². The van der Waals surface area contributed by atoms with Gasteiger partial charge in [-0.3, -0.25) is 14.8 Å². The van der Waals surface area contributed by atoms with Gasteiger partial charge in [-0.1, -0.05) is 23.7 Å². The van der Waals surface area contributed by atoms with E-state index < -0.39 is 0 Å². The molecule has 1 unspecified atom stereocenters. The molecule has 4 heterocycles. The number of hydrogen-bond donors (Lipinski definition) is 1. The molecule has 1 aromatic carbocycles. The van der Waals surface area contributed by atoms with Crippen molar-refractivity contribution in [3.63, 3.8) is 0 Å². The summed E-state index contributed by atoms with van der Waals surface area (Å²) in [6.07, 6.45) is 11.8. The maximum absolute atomic E-state index is 13.4. The maximum atomic E-state index is 13.4. The van der Waals surface area contributed by atoms with Crippen molar-refractivity contribution >= 4 is 55.3 Å². The molecular formula is C33H37Br2ClN6O. The van der Waals surface area contributed by atoms with Gasteiger partial charge in [0.05, 0.1) is 17.3 Å². The molecule has 0 bridgehead atoms. The average Bonchev–Trinajstić information content (AvgIpc) is 3.19. The molecule has 43 heavy (non-hydrogen) atoms. The van der Waals surface area contributed by atoms with Gasteiger partial charge in [-0.05, 0) is 123 Å². The molecule has 3 aliphatic rings. The number of guanidine groups is 1. The highest BCUT2D eigenvalue weighted by atomic mass is 79.9. The number of nitrogens with zero attached hydrogens (tertiary/aromatic N) is 5. The number of hydrogen-bond acceptors (Lipinski definition) is 4. The van der Waals surface area contributed by atoms with Crippen LogP contribution in [-0.4, -0.2) is 57.8 Å². The molecule has 6 rings (SSSR count). The van der Waals surface area contributed by atoms with Crippen LogP contribution >= 0.6 is 43.5 Å². The minimum absolute atomic E-state index is 0.195. The molecule has 2 N–H and O–H groups in total. The quantitative estimate of drug-likeness (QED) is 0.232. The van der Waals surface area contributed by atoms with E-state index in [-0.39, 0.29) is 11.8 Å². The van der Waals surface area contributed by atoms with Gasteiger partial charge >= 0.3 is 0 Å². The first kappa shape index (κ1) is 30.5. The summed E-state index contributed by atoms with van der Waals surface area (Å²) in [7, 11) is 0. The Hall–Kier alpha value is -2.49. The van der Waals surface area contributed by atoms with Gasteiger partial charge in [0.25, 0.3) is 0 Å². The molecule has 2 saturated heterocycles. The van der Waals surface area contributed by atoms with Gasteiger partial charge in [0.1, 0.15) is 0 Å². The van der Waals surface area contributed by atoms with Crippen LogP contribution in [0.3, 0.4) is 0 Å². The predicted octanol–water partition coefficient (Wildman–Crippen LogP) is 6.74. The molecule has 226 valence electrons. The van der Waals surface area contributed by atoms with Crippen molar-refractivity contribution in [3.05, 3.63) is 90.8 Å². The van der Waals surface area contributed by atoms with Crippen LogP contribution in [0.25, 0.3) is 0 Å². The molecule has 0 radical (unpaired) electrons. The number of nitrogens with two attached hydrogens (primary N) is 1. The molecule has 0 saturated carbocycles. The molecule has 3 aromatic rings. The maximum Gasteiger partial charge on any atom is 0.222 e. The van der Waals surface area contributed by atoms with Crippen LogP contribution in [0.4, 0.5) is 0 Å². The average molecular weight is 729 g/mol. The Bertz CT molecular complexity index is 1490. The molecule has 2 fully saturated rings. The number of halogens is 3. The summed E-state index contributed by atoms with van der Waals surface area (Å²) in [5, 5.41) is 0.753. The first-order valence-electron chi connectivity index (χ1n) is 15.2. The summed E-state index contributed by atoms with van der Waals surface area (Å²) < 4.78 is 2.02. The summed E-state index contributed by atoms with van der Waals surface area (Å²) in [6.45, 7) is 3.80. The number of piperidine rings is 2. The zero-order chi connectivity index (χ0) is 29.9. The highest BCUT2D eigenvalue weighted by Gasteiger charge is 2.36. The molecule has 1 aliphatic carbocycles. The van der Waals surface area contributed by atoms with Crippen molar-refractivity contribution in [2.75, 3.05) is 26.2 Å². The lowest BCUT2D eigenvalue weighted by Crippen LogP contribution is -2.44. The molecule has 1 amide bonds. The number of pyridine rings is 2. The van der Waals surface area contributed by atoms with Crippen molar-refractivity contribution < 1.29 is 4.79 Å². The fourth-order valence-electron chi connectivity index (χ4n) is 7.00. The van der Waals surface area contributed by atoms with E-state index in [2.05, 4.69) is 63.8 Å². The molecule has 7 nitrogen and oxygen atoms in total. The van der Waals surface area contributed by atoms with Gasteiger partial charge in [-0.25, -0.2) is 4.99 Å². The Morgan fingerprint density at radius 3 is 2.53 bits per heavy atom. The van der Waals surface area contributed by atoms with Crippen LogP contribution < -0.4 is 5.73 Å². The number of likely N-dealkylation sites (tertiary alicyclic amines) is 2. The SMILES string of the molecule is NC(=NCc1cccnc1)N1CCC(CC(=O)N2CCC(C3c4ccc(Cl)c(Br)c4CCc4cc(Br)cnc43)CC2)CC1. The van der Waals surface area contributed by atoms with Crippen LogP contribution in [0.5, 0.6) is 0 Å². The van der Waals surface area contributed by atoms with Gasteiger partial charge in [0.15, 0.2) is 5.96 Å². The molecule has 10 heteroatoms. The Morgan fingerprint density at radius 1 is 1.02 bits per heavy atom. The van der Waals surface area contributed by atoms with Crippen molar-refractivity contribution in [2.24, 2.45) is 22.6 Å². The fourth-order valence-corrected chi connectivity index (χ4v) is 8.11. The summed E-state index contributed by atoms with van der Waals surface area (Å²) in [5.74, 6) is 1.86. The first-order valence-corrected chi connectivity index (χ1v) is 17.2. The van der Waals surface area contributed by atoms with Gasteiger partial charge in [-0.15, -0.1) is 0 Å². The number of rotatable bonds is 5. The van der Waals surface area contributed by atoms with E-state index in [1.54, 1.807) is 6.20 Å². The first-order chi connectivity index (χ1) is 20.9. The van der Waals surface area contributed by atoms with Crippen molar-refractivity contribution in [3.8, 4) is 0 Å². The molecular weight excluding hydrogens is 692 g/mol. The van der Waals surface area contributed by atoms with E-state index in [0.717, 1.165) is 84.2 Å². The van der Waals surface area contributed by atoms with Gasteiger partial charge < -0.3 is 15.5 Å². The van der Waals surface area contributed by atoms with E-state index in [1.165, 1.54) is 22.4 Å². The number of aromatic nitrogens is 2. The molecule has 2 aromatic heterocycles. The van der Waals surface area contributed by atoms with Crippen molar-refractivity contribution in [2.45, 2.75) is 57.4 Å². The van der Waals surface area contributed by atoms with E-state index in [4.69, 9.17) is 22.3 Å². The van der Waals surface area contributed by atoms with Crippen LogP contribution in [0.2, 0.25) is 5.02 Å². The number of amides is 1. The number of aliphatic imine (C=N–C) groups is 1. The third-order valence-electron chi connectivity index (χ3n) is 9.39. The van der Waals surface area contributed by atoms with Crippen LogP contribution in [-0.2, 0) is 24.2 Å². The highest BCUT2D eigenvalue weighted by molar-refractivity contribution is 9.10. The van der Waals surface area contributed by atoms with E-state index in [1.807, 2.05) is 30.6 Å². The normalized spacial score (nSPS) is 20.0. The third kappa shape index (κ3) is 6.94. The smallest absolute Gasteiger partial charge is 0.222 e. The van der Waals surface area contributed by atoms with E-state index >= 15 is 0 Å². The van der Waals surface area contributed by atoms with Gasteiger partial charge in [-0.2, -0.15) is 0 Å². The highest BCUT2D eigenvalue weighted by Crippen LogP contribution is 2.45. The Morgan fingerprint density at radius 2 is 1.79 bits per heavy atom. The lowest BCUT2D eigenvalue weighted by atomic mass is 9.76. The molecule has 0 spiro atoms. The summed E-state index contributed by atoms with van der Waals surface area (Å²) in [5.41, 5.74) is 12.4. The zero-order valence-corrected chi connectivity index (χ0v) is 28.1. The Kier molecular flexibility index (Phi) is 9.69. The Balaban J connectivity index is 1.06. The van der Waals surface area contributed by atoms with Crippen molar-refractivity contribution in [1.29, 1.82) is 0 Å². The number of carbonyl (C=O) groups is 1. The lowest BCUT2D eigenvalue weighted by molar-refractivity contribution is -0.134. The summed E-state index contributed by atoms with van der Waals surface area (Å²) in [6, 6.07) is 10.3. The monoisotopic (exact) mass is 726 g/mol. The van der Waals surface area contributed by atoms with E-state index in [9.17, 15) is 4.79 Å². The minimum Gasteiger partial charge on any atom is -0.370 e. The molecule has 2 aliphatic heterocycles. The van der Waals surface area contributed by atoms with Gasteiger partial charge in [0, 0.05) is 66.1 Å². The zero-order valence-electron chi connectivity index (χ0n) is 24.2. The number of fused-ring (bicyclic) bond motifs is 2. The topological polar surface area (TPSA) is 87.7 Å². The molecule has 1 atom stereocenters. The minimum atomic E-state index is 0.195. The number of aryl methyl sites for hydroxylation is 1. The van der Waals surface area contributed by atoms with Crippen LogP contribution in [0.15, 0.2) is 62.9 Å². The lowest BCUT2D eigenvalue weighted by Gasteiger charge is -2.38. The predicted molar refractivity (Wildman–Crippen MR) is 178 cm³/mol. The summed E-state index contributed by atoms with van der Waals surface area (Å²) >= 11 is 13.9. The second kappa shape index (κ2) is 13.7. The largest absolute Gasteiger partial charge is 0.370 e. The number of carbonyl (C=O) groups excluding carboxylic acids is 1. The number of benzene rings is 1. The second-order valence-electron chi connectivity index (χ2n) is 12.0. The third-order valence-corrected chi connectivity index (χ3v) is 11.3. The van der Waals surface area contributed by atoms with Crippen LogP contribution in [0, 0.1) is 11.8 Å². The Labute approximate surface area is 275 Å².